The Morgan fingerprint density at radius 1 is 1.06 bits per heavy atom. The quantitative estimate of drug-likeness (QED) is 0.342. The number of rotatable bonds is 7. The van der Waals surface area contributed by atoms with Gasteiger partial charge in [-0.1, -0.05) is 48.0 Å². The maximum absolute atomic E-state index is 12.8. The molecule has 1 fully saturated rings. The van der Waals surface area contributed by atoms with Crippen LogP contribution in [0.25, 0.3) is 6.08 Å². The van der Waals surface area contributed by atoms with Crippen molar-refractivity contribution in [2.75, 3.05) is 11.9 Å². The number of thioether (sulfide) groups is 1. The molecule has 3 amide bonds. The van der Waals surface area contributed by atoms with Gasteiger partial charge in [-0.15, -0.1) is 0 Å². The van der Waals surface area contributed by atoms with Gasteiger partial charge >= 0.3 is 0 Å². The Labute approximate surface area is 214 Å². The second-order valence-corrected chi connectivity index (χ2v) is 9.57. The Bertz CT molecular complexity index is 1270. The van der Waals surface area contributed by atoms with Crippen LogP contribution in [0.1, 0.15) is 11.1 Å². The Morgan fingerprint density at radius 3 is 2.50 bits per heavy atom. The van der Waals surface area contributed by atoms with Crippen LogP contribution in [-0.4, -0.2) is 28.6 Å². The summed E-state index contributed by atoms with van der Waals surface area (Å²) >= 11 is 10.2. The average Bonchev–Trinajstić information content (AvgIpc) is 3.08. The van der Waals surface area contributed by atoms with Gasteiger partial charge in [0.25, 0.3) is 17.1 Å². The van der Waals surface area contributed by atoms with E-state index in [2.05, 4.69) is 21.2 Å². The number of para-hydroxylation sites is 1. The number of benzene rings is 3. The van der Waals surface area contributed by atoms with Crippen LogP contribution >= 0.6 is 39.3 Å². The molecule has 9 heteroatoms. The summed E-state index contributed by atoms with van der Waals surface area (Å²) in [7, 11) is 0. The van der Waals surface area contributed by atoms with E-state index in [9.17, 15) is 14.4 Å². The lowest BCUT2D eigenvalue weighted by Crippen LogP contribution is -2.27. The first-order valence-corrected chi connectivity index (χ1v) is 12.1. The smallest absolute Gasteiger partial charge is 0.293 e. The molecular weight excluding hydrogens is 540 g/mol. The first-order valence-electron chi connectivity index (χ1n) is 10.2. The van der Waals surface area contributed by atoms with E-state index in [0.29, 0.717) is 31.4 Å². The summed E-state index contributed by atoms with van der Waals surface area (Å²) in [5.74, 6) is -0.147. The molecule has 0 saturated carbocycles. The third kappa shape index (κ3) is 6.08. The number of carbonyl (C=O) groups is 3. The molecule has 1 heterocycles. The molecule has 3 aromatic rings. The van der Waals surface area contributed by atoms with Crippen molar-refractivity contribution < 1.29 is 19.1 Å². The van der Waals surface area contributed by atoms with E-state index in [-0.39, 0.29) is 30.2 Å². The fraction of sp³-hybridized carbons (Fsp3) is 0.0800. The Kier molecular flexibility index (Phi) is 7.72. The molecule has 1 saturated heterocycles. The Balaban J connectivity index is 1.38. The van der Waals surface area contributed by atoms with E-state index in [1.165, 1.54) is 4.90 Å². The second kappa shape index (κ2) is 10.9. The number of nitrogens with one attached hydrogen (secondary N) is 1. The summed E-state index contributed by atoms with van der Waals surface area (Å²) in [5, 5.41) is 3.02. The van der Waals surface area contributed by atoms with Crippen molar-refractivity contribution in [1.29, 1.82) is 0 Å². The van der Waals surface area contributed by atoms with Gasteiger partial charge in [-0.3, -0.25) is 19.3 Å². The molecule has 6 nitrogen and oxygen atoms in total. The van der Waals surface area contributed by atoms with Gasteiger partial charge in [0.05, 0.1) is 15.9 Å². The van der Waals surface area contributed by atoms with Crippen molar-refractivity contribution in [3.63, 3.8) is 0 Å². The number of anilines is 1. The Morgan fingerprint density at radius 2 is 1.79 bits per heavy atom. The van der Waals surface area contributed by atoms with Gasteiger partial charge < -0.3 is 10.1 Å². The van der Waals surface area contributed by atoms with Crippen LogP contribution in [-0.2, 0) is 16.1 Å². The lowest BCUT2D eigenvalue weighted by Gasteiger charge is -2.12. The SMILES string of the molecule is O=C(COc1ccc(/C=C2\SC(=O)N(Cc3ccc(Cl)cc3)C2=O)cc1Br)Nc1ccccc1. The van der Waals surface area contributed by atoms with Crippen LogP contribution in [0.5, 0.6) is 5.75 Å². The fourth-order valence-electron chi connectivity index (χ4n) is 3.15. The van der Waals surface area contributed by atoms with Crippen molar-refractivity contribution in [3.8, 4) is 5.75 Å². The number of amides is 3. The summed E-state index contributed by atoms with van der Waals surface area (Å²) in [4.78, 5) is 38.8. The minimum absolute atomic E-state index is 0.156. The van der Waals surface area contributed by atoms with Crippen LogP contribution in [0.2, 0.25) is 5.02 Å². The minimum Gasteiger partial charge on any atom is -0.483 e. The number of carbonyl (C=O) groups excluding carboxylic acids is 3. The highest BCUT2D eigenvalue weighted by Gasteiger charge is 2.35. The van der Waals surface area contributed by atoms with Crippen molar-refractivity contribution in [2.45, 2.75) is 6.54 Å². The molecule has 0 atom stereocenters. The normalized spacial score (nSPS) is 14.5. The fourth-order valence-corrected chi connectivity index (χ4v) is 4.62. The first kappa shape index (κ1) is 24.1. The van der Waals surface area contributed by atoms with E-state index in [0.717, 1.165) is 17.3 Å². The molecular formula is C25H18BrClN2O4S. The molecule has 1 N–H and O–H groups in total. The highest BCUT2D eigenvalue weighted by atomic mass is 79.9. The third-order valence-electron chi connectivity index (χ3n) is 4.80. The molecule has 0 spiro atoms. The van der Waals surface area contributed by atoms with Crippen molar-refractivity contribution >= 4 is 68.1 Å². The molecule has 34 heavy (non-hydrogen) atoms. The zero-order valence-electron chi connectivity index (χ0n) is 17.7. The number of ether oxygens (including phenoxy) is 1. The molecule has 0 unspecified atom stereocenters. The van der Waals surface area contributed by atoms with Crippen LogP contribution < -0.4 is 10.1 Å². The lowest BCUT2D eigenvalue weighted by molar-refractivity contribution is -0.123. The zero-order valence-corrected chi connectivity index (χ0v) is 20.8. The van der Waals surface area contributed by atoms with Gasteiger partial charge in [0.1, 0.15) is 5.75 Å². The van der Waals surface area contributed by atoms with Gasteiger partial charge in [0.15, 0.2) is 6.61 Å². The molecule has 3 aromatic carbocycles. The van der Waals surface area contributed by atoms with Crippen molar-refractivity contribution in [1.82, 2.24) is 4.90 Å². The van der Waals surface area contributed by atoms with E-state index < -0.39 is 0 Å². The van der Waals surface area contributed by atoms with Crippen LogP contribution in [0.3, 0.4) is 0 Å². The van der Waals surface area contributed by atoms with Crippen LogP contribution in [0.15, 0.2) is 82.2 Å². The summed E-state index contributed by atoms with van der Waals surface area (Å²) < 4.78 is 6.22. The van der Waals surface area contributed by atoms with Gasteiger partial charge in [0, 0.05) is 10.7 Å². The number of hydrogen-bond donors (Lipinski definition) is 1. The molecule has 172 valence electrons. The molecule has 4 rings (SSSR count). The number of imide groups is 1. The van der Waals surface area contributed by atoms with Crippen LogP contribution in [0.4, 0.5) is 10.5 Å². The van der Waals surface area contributed by atoms with Crippen molar-refractivity contribution in [3.05, 3.63) is 98.3 Å². The summed E-state index contributed by atoms with van der Waals surface area (Å²) in [6.45, 7) is 0.0249. The molecule has 0 aliphatic carbocycles. The standard InChI is InChI=1S/C25H18BrClN2O4S/c26-20-12-17(8-11-21(20)33-15-23(30)28-19-4-2-1-3-5-19)13-22-24(31)29(25(32)34-22)14-16-6-9-18(27)10-7-16/h1-13H,14-15H2,(H,28,30)/b22-13-. The minimum atomic E-state index is -0.348. The topological polar surface area (TPSA) is 75.7 Å². The average molecular weight is 558 g/mol. The predicted molar refractivity (Wildman–Crippen MR) is 138 cm³/mol. The van der Waals surface area contributed by atoms with Gasteiger partial charge in [-0.05, 0) is 81.3 Å². The maximum Gasteiger partial charge on any atom is 0.293 e. The largest absolute Gasteiger partial charge is 0.483 e. The van der Waals surface area contributed by atoms with Gasteiger partial charge in [-0.2, -0.15) is 0 Å². The Hall–Kier alpha value is -3.07. The summed E-state index contributed by atoms with van der Waals surface area (Å²) in [5.41, 5.74) is 2.22. The highest BCUT2D eigenvalue weighted by Crippen LogP contribution is 2.34. The van der Waals surface area contributed by atoms with E-state index in [1.807, 2.05) is 18.2 Å². The van der Waals surface area contributed by atoms with Gasteiger partial charge in [0.2, 0.25) is 0 Å². The third-order valence-corrected chi connectivity index (χ3v) is 6.58. The van der Waals surface area contributed by atoms with Gasteiger partial charge in [-0.25, -0.2) is 0 Å². The molecule has 1 aliphatic heterocycles. The number of hydrogen-bond acceptors (Lipinski definition) is 5. The van der Waals surface area contributed by atoms with E-state index >= 15 is 0 Å². The molecule has 0 aromatic heterocycles. The zero-order chi connectivity index (χ0) is 24.1. The summed E-state index contributed by atoms with van der Waals surface area (Å²) in [6.07, 6.45) is 1.66. The lowest BCUT2D eigenvalue weighted by atomic mass is 10.2. The second-order valence-electron chi connectivity index (χ2n) is 7.29. The predicted octanol–water partition coefficient (Wildman–Crippen LogP) is 6.36. The maximum atomic E-state index is 12.8. The number of nitrogens with zero attached hydrogens (tertiary/aromatic N) is 1. The van der Waals surface area contributed by atoms with Crippen molar-refractivity contribution in [2.24, 2.45) is 0 Å². The first-order chi connectivity index (χ1) is 16.4. The summed E-state index contributed by atoms with van der Waals surface area (Å²) in [6, 6.07) is 21.3. The molecule has 1 aliphatic rings. The van der Waals surface area contributed by atoms with E-state index in [1.54, 1.807) is 60.7 Å². The highest BCUT2D eigenvalue weighted by molar-refractivity contribution is 9.10. The molecule has 0 radical (unpaired) electrons. The van der Waals surface area contributed by atoms with E-state index in [4.69, 9.17) is 16.3 Å². The monoisotopic (exact) mass is 556 g/mol. The van der Waals surface area contributed by atoms with Crippen LogP contribution in [0, 0.1) is 0 Å². The molecule has 0 bridgehead atoms. The number of halogens is 2.